The molecule has 136 valence electrons. The highest BCUT2D eigenvalue weighted by Gasteiger charge is 2.40. The number of benzene rings is 1. The van der Waals surface area contributed by atoms with Gasteiger partial charge in [-0.25, -0.2) is 13.9 Å². The summed E-state index contributed by atoms with van der Waals surface area (Å²) in [6.45, 7) is 5.66. The number of aliphatic imine (C=N–C) groups is 1. The number of quaternary nitrogens is 1. The molecule has 0 fully saturated rings. The lowest BCUT2D eigenvalue weighted by Gasteiger charge is -2.32. The first kappa shape index (κ1) is 18.8. The standard InChI is InChI=1S/C20H24FN4S/c1-15(2)19-20(26-18-9-6-7-16(21)11-18)25(13-22-3,14-24-19)12-17-8-4-5-10-23-17/h4-11,14-15,22H,12-13H2,1-3H3/q+1. The fraction of sp³-hybridized carbons (Fsp3) is 0.300. The minimum absolute atomic E-state index is 0.225. The summed E-state index contributed by atoms with van der Waals surface area (Å²) >= 11 is 1.59. The zero-order valence-electron chi connectivity index (χ0n) is 15.3. The molecule has 1 atom stereocenters. The molecule has 3 rings (SSSR count). The number of rotatable bonds is 7. The molecule has 2 aromatic rings. The van der Waals surface area contributed by atoms with Gasteiger partial charge in [0.25, 0.3) is 0 Å². The van der Waals surface area contributed by atoms with Gasteiger partial charge in [0.15, 0.2) is 6.34 Å². The summed E-state index contributed by atoms with van der Waals surface area (Å²) in [7, 11) is 1.93. The maximum atomic E-state index is 13.7. The maximum Gasteiger partial charge on any atom is 0.201 e. The second-order valence-corrected chi connectivity index (χ2v) is 7.74. The zero-order valence-corrected chi connectivity index (χ0v) is 16.1. The number of nitrogens with zero attached hydrogens (tertiary/aromatic N) is 3. The highest BCUT2D eigenvalue weighted by atomic mass is 32.2. The van der Waals surface area contributed by atoms with Crippen LogP contribution in [0.5, 0.6) is 0 Å². The average molecular weight is 372 g/mol. The molecule has 0 amide bonds. The molecule has 26 heavy (non-hydrogen) atoms. The van der Waals surface area contributed by atoms with E-state index in [0.29, 0.717) is 17.7 Å². The molecule has 1 aliphatic heterocycles. The molecule has 0 spiro atoms. The molecule has 1 unspecified atom stereocenters. The molecular formula is C20H24FN4S+. The Hall–Kier alpha value is -2.02. The summed E-state index contributed by atoms with van der Waals surface area (Å²) in [5, 5.41) is 4.41. The first-order valence-corrected chi connectivity index (χ1v) is 9.50. The van der Waals surface area contributed by atoms with Crippen LogP contribution in [-0.4, -0.2) is 29.5 Å². The molecule has 0 bridgehead atoms. The van der Waals surface area contributed by atoms with E-state index in [1.54, 1.807) is 23.9 Å². The lowest BCUT2D eigenvalue weighted by Crippen LogP contribution is -2.48. The zero-order chi connectivity index (χ0) is 18.6. The molecule has 2 heterocycles. The van der Waals surface area contributed by atoms with Gasteiger partial charge in [0.2, 0.25) is 5.03 Å². The Labute approximate surface area is 158 Å². The fourth-order valence-corrected chi connectivity index (χ4v) is 4.33. The highest BCUT2D eigenvalue weighted by Crippen LogP contribution is 2.42. The number of aromatic nitrogens is 1. The Bertz CT molecular complexity index is 820. The van der Waals surface area contributed by atoms with Crippen molar-refractivity contribution in [1.29, 1.82) is 0 Å². The smallest absolute Gasteiger partial charge is 0.201 e. The molecule has 0 saturated carbocycles. The van der Waals surface area contributed by atoms with Crippen LogP contribution in [0.2, 0.25) is 0 Å². The molecule has 1 N–H and O–H groups in total. The second kappa shape index (κ2) is 8.12. The lowest BCUT2D eigenvalue weighted by atomic mass is 10.1. The number of halogens is 1. The van der Waals surface area contributed by atoms with Crippen LogP contribution in [0.25, 0.3) is 0 Å². The van der Waals surface area contributed by atoms with Crippen LogP contribution in [0.3, 0.4) is 0 Å². The Balaban J connectivity index is 2.02. The van der Waals surface area contributed by atoms with E-state index in [1.807, 2.05) is 43.8 Å². The topological polar surface area (TPSA) is 37.3 Å². The quantitative estimate of drug-likeness (QED) is 0.734. The van der Waals surface area contributed by atoms with Crippen LogP contribution in [0.4, 0.5) is 4.39 Å². The third-order valence-corrected chi connectivity index (χ3v) is 5.47. The SMILES string of the molecule is CNC[N+]1(Cc2ccccn2)C=NC(C(C)C)=C1Sc1cccc(F)c1. The van der Waals surface area contributed by atoms with Crippen LogP contribution in [0, 0.1) is 11.7 Å². The Morgan fingerprint density at radius 1 is 1.19 bits per heavy atom. The molecule has 0 aliphatic carbocycles. The molecule has 1 aliphatic rings. The van der Waals surface area contributed by atoms with Crippen molar-refractivity contribution in [3.05, 3.63) is 70.9 Å². The molecular weight excluding hydrogens is 347 g/mol. The summed E-state index contributed by atoms with van der Waals surface area (Å²) in [6.07, 6.45) is 3.80. The number of thioether (sulfide) groups is 1. The molecule has 4 nitrogen and oxygen atoms in total. The van der Waals surface area contributed by atoms with Crippen molar-refractivity contribution in [1.82, 2.24) is 10.3 Å². The number of nitrogens with one attached hydrogen (secondary N) is 1. The molecule has 0 radical (unpaired) electrons. The van der Waals surface area contributed by atoms with Gasteiger partial charge in [-0.05, 0) is 49.1 Å². The Kier molecular flexibility index (Phi) is 5.86. The van der Waals surface area contributed by atoms with E-state index in [-0.39, 0.29) is 11.7 Å². The number of allylic oxidation sites excluding steroid dienone is 1. The molecule has 1 aromatic heterocycles. The van der Waals surface area contributed by atoms with E-state index in [0.717, 1.165) is 21.3 Å². The third-order valence-electron chi connectivity index (χ3n) is 4.21. The van der Waals surface area contributed by atoms with Crippen molar-refractivity contribution in [3.63, 3.8) is 0 Å². The van der Waals surface area contributed by atoms with Crippen LogP contribution in [0.15, 0.2) is 69.3 Å². The molecule has 1 aromatic carbocycles. The first-order valence-electron chi connectivity index (χ1n) is 8.69. The van der Waals surface area contributed by atoms with Gasteiger partial charge in [-0.15, -0.1) is 0 Å². The first-order chi connectivity index (χ1) is 12.5. The van der Waals surface area contributed by atoms with Gasteiger partial charge in [-0.1, -0.05) is 26.0 Å². The molecule has 0 saturated heterocycles. The van der Waals surface area contributed by atoms with E-state index in [9.17, 15) is 4.39 Å². The highest BCUT2D eigenvalue weighted by molar-refractivity contribution is 8.02. The van der Waals surface area contributed by atoms with Gasteiger partial charge < -0.3 is 0 Å². The maximum absolute atomic E-state index is 13.7. The summed E-state index contributed by atoms with van der Waals surface area (Å²) < 4.78 is 14.2. The van der Waals surface area contributed by atoms with Crippen molar-refractivity contribution >= 4 is 18.1 Å². The van der Waals surface area contributed by atoms with Crippen molar-refractivity contribution in [2.75, 3.05) is 13.7 Å². The Morgan fingerprint density at radius 3 is 2.69 bits per heavy atom. The largest absolute Gasteiger partial charge is 0.273 e. The van der Waals surface area contributed by atoms with Crippen LogP contribution < -0.4 is 5.32 Å². The molecule has 6 heteroatoms. The van der Waals surface area contributed by atoms with Crippen molar-refractivity contribution in [2.45, 2.75) is 25.3 Å². The van der Waals surface area contributed by atoms with Crippen molar-refractivity contribution in [3.8, 4) is 0 Å². The third kappa shape index (κ3) is 4.03. The predicted octanol–water partition coefficient (Wildman–Crippen LogP) is 4.37. The monoisotopic (exact) mass is 371 g/mol. The van der Waals surface area contributed by atoms with E-state index < -0.39 is 0 Å². The van der Waals surface area contributed by atoms with E-state index in [2.05, 4.69) is 24.1 Å². The van der Waals surface area contributed by atoms with Gasteiger partial charge in [-0.2, -0.15) is 0 Å². The second-order valence-electron chi connectivity index (χ2n) is 6.67. The van der Waals surface area contributed by atoms with E-state index >= 15 is 0 Å². The van der Waals surface area contributed by atoms with Gasteiger partial charge in [0.1, 0.15) is 24.7 Å². The van der Waals surface area contributed by atoms with Crippen LogP contribution >= 0.6 is 11.8 Å². The fourth-order valence-electron chi connectivity index (χ4n) is 3.03. The van der Waals surface area contributed by atoms with Gasteiger partial charge in [0, 0.05) is 17.0 Å². The lowest BCUT2D eigenvalue weighted by molar-refractivity contribution is -0.802. The number of hydrogen-bond acceptors (Lipinski definition) is 4. The van der Waals surface area contributed by atoms with Crippen LogP contribution in [0.1, 0.15) is 19.5 Å². The van der Waals surface area contributed by atoms with Crippen molar-refractivity contribution < 1.29 is 8.87 Å². The van der Waals surface area contributed by atoms with Crippen molar-refractivity contribution in [2.24, 2.45) is 10.9 Å². The summed E-state index contributed by atoms with van der Waals surface area (Å²) in [5.41, 5.74) is 2.04. The van der Waals surface area contributed by atoms with E-state index in [4.69, 9.17) is 4.99 Å². The Morgan fingerprint density at radius 2 is 2.04 bits per heavy atom. The van der Waals surface area contributed by atoms with Gasteiger partial charge in [0.05, 0.1) is 5.69 Å². The van der Waals surface area contributed by atoms with Crippen LogP contribution in [-0.2, 0) is 6.54 Å². The summed E-state index contributed by atoms with van der Waals surface area (Å²) in [5.74, 6) is 0.0555. The average Bonchev–Trinajstić information content (AvgIpc) is 2.94. The summed E-state index contributed by atoms with van der Waals surface area (Å²) in [6, 6.07) is 12.7. The minimum Gasteiger partial charge on any atom is -0.273 e. The van der Waals surface area contributed by atoms with Gasteiger partial charge in [-0.3, -0.25) is 10.3 Å². The summed E-state index contributed by atoms with van der Waals surface area (Å²) in [4.78, 5) is 10.1. The van der Waals surface area contributed by atoms with E-state index in [1.165, 1.54) is 6.07 Å². The predicted molar refractivity (Wildman–Crippen MR) is 105 cm³/mol. The normalized spacial score (nSPS) is 19.6. The number of hydrogen-bond donors (Lipinski definition) is 1. The van der Waals surface area contributed by atoms with Gasteiger partial charge >= 0.3 is 0 Å². The number of pyridine rings is 1. The minimum atomic E-state index is -0.225.